The van der Waals surface area contributed by atoms with Crippen LogP contribution in [0.2, 0.25) is 0 Å². The summed E-state index contributed by atoms with van der Waals surface area (Å²) in [6, 6.07) is 0. The van der Waals surface area contributed by atoms with Gasteiger partial charge in [-0.1, -0.05) is 19.1 Å². The summed E-state index contributed by atoms with van der Waals surface area (Å²) in [5.41, 5.74) is 0. The predicted molar refractivity (Wildman–Crippen MR) is 47.6 cm³/mol. The molecule has 0 spiro atoms. The van der Waals surface area contributed by atoms with Crippen LogP contribution in [0.5, 0.6) is 0 Å². The summed E-state index contributed by atoms with van der Waals surface area (Å²) >= 11 is 0. The molecule has 0 saturated carbocycles. The van der Waals surface area contributed by atoms with Gasteiger partial charge in [-0.05, 0) is 12.5 Å². The quantitative estimate of drug-likeness (QED) is 0.474. The highest BCUT2D eigenvalue weighted by atomic mass is 16.5. The van der Waals surface area contributed by atoms with E-state index in [1.54, 1.807) is 6.08 Å². The van der Waals surface area contributed by atoms with Gasteiger partial charge in [0.15, 0.2) is 0 Å². The highest BCUT2D eigenvalue weighted by Gasteiger charge is 2.30. The largest absolute Gasteiger partial charge is 0.458 e. The van der Waals surface area contributed by atoms with Crippen molar-refractivity contribution in [2.24, 2.45) is 5.92 Å². The molecule has 1 heterocycles. The number of rotatable bonds is 3. The molecule has 0 amide bonds. The lowest BCUT2D eigenvalue weighted by Crippen LogP contribution is -2.03. The van der Waals surface area contributed by atoms with E-state index in [0.29, 0.717) is 0 Å². The highest BCUT2D eigenvalue weighted by molar-refractivity contribution is 5.76. The zero-order chi connectivity index (χ0) is 8.97. The molecule has 1 aliphatic rings. The monoisotopic (exact) mass is 166 g/mol. The summed E-state index contributed by atoms with van der Waals surface area (Å²) in [6.45, 7) is 5.64. The van der Waals surface area contributed by atoms with Crippen molar-refractivity contribution >= 4 is 5.97 Å². The van der Waals surface area contributed by atoms with E-state index in [2.05, 4.69) is 13.5 Å². The summed E-state index contributed by atoms with van der Waals surface area (Å²) < 4.78 is 5.07. The smallest absolute Gasteiger partial charge is 0.313 e. The number of ether oxygens (including phenoxy) is 1. The van der Waals surface area contributed by atoms with Crippen molar-refractivity contribution in [3.63, 3.8) is 0 Å². The summed E-state index contributed by atoms with van der Waals surface area (Å²) in [6.07, 6.45) is 7.32. The van der Waals surface area contributed by atoms with E-state index in [1.165, 1.54) is 0 Å². The molecule has 0 aromatic rings. The van der Waals surface area contributed by atoms with Crippen molar-refractivity contribution in [1.82, 2.24) is 0 Å². The Hall–Kier alpha value is -1.05. The topological polar surface area (TPSA) is 26.3 Å². The third-order valence-electron chi connectivity index (χ3n) is 1.93. The molecule has 1 aliphatic heterocycles. The molecule has 0 aromatic carbocycles. The van der Waals surface area contributed by atoms with Crippen LogP contribution in [-0.2, 0) is 9.53 Å². The molecular formula is C10H14O2. The molecule has 2 unspecified atom stereocenters. The van der Waals surface area contributed by atoms with Crippen LogP contribution in [0.25, 0.3) is 0 Å². The first-order valence-corrected chi connectivity index (χ1v) is 4.27. The van der Waals surface area contributed by atoms with Crippen LogP contribution >= 0.6 is 0 Å². The fraction of sp³-hybridized carbons (Fsp3) is 0.500. The van der Waals surface area contributed by atoms with Crippen LogP contribution in [-0.4, -0.2) is 12.1 Å². The zero-order valence-corrected chi connectivity index (χ0v) is 7.32. The number of allylic oxidation sites excluding steroid dienone is 1. The molecule has 2 nitrogen and oxygen atoms in total. The van der Waals surface area contributed by atoms with Crippen molar-refractivity contribution < 1.29 is 9.53 Å². The van der Waals surface area contributed by atoms with Crippen molar-refractivity contribution in [2.45, 2.75) is 25.9 Å². The summed E-state index contributed by atoms with van der Waals surface area (Å²) in [5, 5.41) is 0. The number of esters is 1. The van der Waals surface area contributed by atoms with Gasteiger partial charge in [0, 0.05) is 6.42 Å². The summed E-state index contributed by atoms with van der Waals surface area (Å²) in [5.74, 6) is -0.243. The third-order valence-corrected chi connectivity index (χ3v) is 1.93. The number of hydrogen-bond acceptors (Lipinski definition) is 2. The first-order chi connectivity index (χ1) is 5.77. The number of carbonyl (C=O) groups excluding carboxylic acids is 1. The molecule has 0 radical (unpaired) electrons. The first-order valence-electron chi connectivity index (χ1n) is 4.27. The normalized spacial score (nSPS) is 29.2. The first kappa shape index (κ1) is 9.04. The Morgan fingerprint density at radius 2 is 2.50 bits per heavy atom. The molecule has 0 N–H and O–H groups in total. The maximum Gasteiger partial charge on any atom is 0.313 e. The molecule has 2 atom stereocenters. The van der Waals surface area contributed by atoms with E-state index in [1.807, 2.05) is 12.2 Å². The second-order valence-electron chi connectivity index (χ2n) is 2.89. The number of hydrogen-bond donors (Lipinski definition) is 0. The van der Waals surface area contributed by atoms with Gasteiger partial charge in [0.2, 0.25) is 0 Å². The van der Waals surface area contributed by atoms with Crippen LogP contribution < -0.4 is 0 Å². The van der Waals surface area contributed by atoms with Gasteiger partial charge in [0.1, 0.15) is 6.10 Å². The van der Waals surface area contributed by atoms with E-state index in [4.69, 9.17) is 4.74 Å². The van der Waals surface area contributed by atoms with Crippen LogP contribution in [0, 0.1) is 5.92 Å². The SMILES string of the molecule is C=CC1CC(C=CCC)OC1=O. The maximum absolute atomic E-state index is 11.1. The molecule has 1 rings (SSSR count). The maximum atomic E-state index is 11.1. The lowest BCUT2D eigenvalue weighted by atomic mass is 10.1. The average Bonchev–Trinajstić information content (AvgIpc) is 2.43. The highest BCUT2D eigenvalue weighted by Crippen LogP contribution is 2.22. The van der Waals surface area contributed by atoms with Gasteiger partial charge in [0.25, 0.3) is 0 Å². The lowest BCUT2D eigenvalue weighted by molar-refractivity contribution is -0.141. The Kier molecular flexibility index (Phi) is 3.09. The molecule has 66 valence electrons. The third kappa shape index (κ3) is 1.97. The van der Waals surface area contributed by atoms with E-state index in [9.17, 15) is 4.79 Å². The Labute approximate surface area is 72.9 Å². The second kappa shape index (κ2) is 4.10. The molecule has 1 fully saturated rings. The Morgan fingerprint density at radius 3 is 3.00 bits per heavy atom. The van der Waals surface area contributed by atoms with Crippen LogP contribution in [0.3, 0.4) is 0 Å². The second-order valence-corrected chi connectivity index (χ2v) is 2.89. The number of carbonyl (C=O) groups is 1. The molecule has 2 heteroatoms. The Balaban J connectivity index is 2.48. The van der Waals surface area contributed by atoms with Crippen LogP contribution in [0.1, 0.15) is 19.8 Å². The van der Waals surface area contributed by atoms with Gasteiger partial charge < -0.3 is 4.74 Å². The Morgan fingerprint density at radius 1 is 1.75 bits per heavy atom. The van der Waals surface area contributed by atoms with Gasteiger partial charge in [-0.15, -0.1) is 6.58 Å². The molecule has 12 heavy (non-hydrogen) atoms. The van der Waals surface area contributed by atoms with E-state index in [0.717, 1.165) is 12.8 Å². The minimum absolute atomic E-state index is 0.0274. The fourth-order valence-corrected chi connectivity index (χ4v) is 1.23. The molecule has 1 saturated heterocycles. The molecule has 0 aliphatic carbocycles. The minimum atomic E-state index is -0.143. The molecule has 0 aromatic heterocycles. The van der Waals surface area contributed by atoms with Gasteiger partial charge in [0.05, 0.1) is 5.92 Å². The van der Waals surface area contributed by atoms with Crippen LogP contribution in [0.4, 0.5) is 0 Å². The summed E-state index contributed by atoms with van der Waals surface area (Å²) in [7, 11) is 0. The van der Waals surface area contributed by atoms with Crippen LogP contribution in [0.15, 0.2) is 24.8 Å². The van der Waals surface area contributed by atoms with Crippen molar-refractivity contribution in [1.29, 1.82) is 0 Å². The van der Waals surface area contributed by atoms with Gasteiger partial charge in [-0.25, -0.2) is 0 Å². The van der Waals surface area contributed by atoms with Gasteiger partial charge in [-0.3, -0.25) is 4.79 Å². The van der Waals surface area contributed by atoms with Crippen molar-refractivity contribution in [3.8, 4) is 0 Å². The standard InChI is InChI=1S/C10H14O2/c1-3-5-6-9-7-8(4-2)10(11)12-9/h4-6,8-9H,2-3,7H2,1H3. The van der Waals surface area contributed by atoms with Gasteiger partial charge in [-0.2, -0.15) is 0 Å². The van der Waals surface area contributed by atoms with Crippen molar-refractivity contribution in [2.75, 3.05) is 0 Å². The number of cyclic esters (lactones) is 1. The fourth-order valence-electron chi connectivity index (χ4n) is 1.23. The van der Waals surface area contributed by atoms with E-state index in [-0.39, 0.29) is 18.0 Å². The van der Waals surface area contributed by atoms with E-state index < -0.39 is 0 Å². The molecule has 0 bridgehead atoms. The Bertz CT molecular complexity index is 206. The van der Waals surface area contributed by atoms with Crippen molar-refractivity contribution in [3.05, 3.63) is 24.8 Å². The average molecular weight is 166 g/mol. The predicted octanol–water partition coefficient (Wildman–Crippen LogP) is 2.07. The van der Waals surface area contributed by atoms with Gasteiger partial charge >= 0.3 is 5.97 Å². The summed E-state index contributed by atoms with van der Waals surface area (Å²) in [4.78, 5) is 11.1. The minimum Gasteiger partial charge on any atom is -0.458 e. The zero-order valence-electron chi connectivity index (χ0n) is 7.32. The molecular weight excluding hydrogens is 152 g/mol. The van der Waals surface area contributed by atoms with E-state index >= 15 is 0 Å². The lowest BCUT2D eigenvalue weighted by Gasteiger charge is -1.99.